The van der Waals surface area contributed by atoms with Crippen molar-refractivity contribution in [3.05, 3.63) is 0 Å². The fourth-order valence-electron chi connectivity index (χ4n) is 1.36. The molecule has 0 aromatic carbocycles. The average molecular weight is 272 g/mol. The van der Waals surface area contributed by atoms with Crippen molar-refractivity contribution in [1.82, 2.24) is 4.90 Å². The minimum Gasteiger partial charge on any atom is -0.393 e. The summed E-state index contributed by atoms with van der Waals surface area (Å²) in [7, 11) is 1.51. The number of nitrogens with two attached hydrogens (primary N) is 1. The summed E-state index contributed by atoms with van der Waals surface area (Å²) < 4.78 is 42.9. The Bertz CT molecular complexity index is 246. The van der Waals surface area contributed by atoms with Gasteiger partial charge in [0.05, 0.1) is 11.6 Å². The highest BCUT2D eigenvalue weighted by Crippen LogP contribution is 2.27. The summed E-state index contributed by atoms with van der Waals surface area (Å²) in [6.45, 7) is 4.22. The fourth-order valence-corrected chi connectivity index (χ4v) is 1.57. The second-order valence-electron chi connectivity index (χ2n) is 4.08. The normalized spacial score (nSPS) is 14.4. The summed E-state index contributed by atoms with van der Waals surface area (Å²) in [5.41, 5.74) is 5.15. The van der Waals surface area contributed by atoms with Crippen molar-refractivity contribution in [2.75, 3.05) is 26.8 Å². The molecule has 0 aromatic heterocycles. The van der Waals surface area contributed by atoms with E-state index in [9.17, 15) is 13.2 Å². The van der Waals surface area contributed by atoms with Gasteiger partial charge in [-0.15, -0.1) is 0 Å². The van der Waals surface area contributed by atoms with Gasteiger partial charge in [0.2, 0.25) is 0 Å². The molecule has 0 aliphatic carbocycles. The van der Waals surface area contributed by atoms with Crippen molar-refractivity contribution in [2.24, 2.45) is 11.7 Å². The van der Waals surface area contributed by atoms with Crippen LogP contribution < -0.4 is 5.73 Å². The standard InChI is InChI=1S/C10H19F3N2OS/c1-7(2)15(4-5-16-3)6-8(9(14)17)10(11,12)13/h7-8H,4-6H2,1-3H3,(H2,14,17). The van der Waals surface area contributed by atoms with Crippen LogP contribution in [0.3, 0.4) is 0 Å². The molecule has 0 aromatic rings. The van der Waals surface area contributed by atoms with E-state index < -0.39 is 17.1 Å². The largest absolute Gasteiger partial charge is 0.399 e. The van der Waals surface area contributed by atoms with E-state index >= 15 is 0 Å². The first-order valence-corrected chi connectivity index (χ1v) is 5.70. The van der Waals surface area contributed by atoms with Crippen molar-refractivity contribution in [3.63, 3.8) is 0 Å². The fraction of sp³-hybridized carbons (Fsp3) is 0.900. The molecule has 0 aliphatic rings. The summed E-state index contributed by atoms with van der Waals surface area (Å²) >= 11 is 4.48. The van der Waals surface area contributed by atoms with Crippen molar-refractivity contribution < 1.29 is 17.9 Å². The SMILES string of the molecule is COCCN(CC(C(N)=S)C(F)(F)F)C(C)C. The Morgan fingerprint density at radius 3 is 2.24 bits per heavy atom. The number of halogens is 3. The van der Waals surface area contributed by atoms with E-state index in [2.05, 4.69) is 12.2 Å². The summed E-state index contributed by atoms with van der Waals surface area (Å²) in [6, 6.07) is -0.0238. The third-order valence-electron chi connectivity index (χ3n) is 2.47. The van der Waals surface area contributed by atoms with Crippen LogP contribution in [0.15, 0.2) is 0 Å². The Morgan fingerprint density at radius 2 is 1.94 bits per heavy atom. The van der Waals surface area contributed by atoms with Gasteiger partial charge in [0.25, 0.3) is 0 Å². The lowest BCUT2D eigenvalue weighted by Crippen LogP contribution is -2.46. The molecular weight excluding hydrogens is 253 g/mol. The Morgan fingerprint density at radius 1 is 1.41 bits per heavy atom. The van der Waals surface area contributed by atoms with Crippen LogP contribution >= 0.6 is 12.2 Å². The molecule has 0 spiro atoms. The van der Waals surface area contributed by atoms with E-state index in [-0.39, 0.29) is 12.6 Å². The molecule has 102 valence electrons. The van der Waals surface area contributed by atoms with Crippen LogP contribution in [-0.2, 0) is 4.74 Å². The molecule has 0 radical (unpaired) electrons. The number of nitrogens with zero attached hydrogens (tertiary/aromatic N) is 1. The summed E-state index contributed by atoms with van der Waals surface area (Å²) in [5.74, 6) is -1.77. The van der Waals surface area contributed by atoms with Gasteiger partial charge in [-0.3, -0.25) is 4.90 Å². The first-order valence-electron chi connectivity index (χ1n) is 5.29. The molecule has 0 fully saturated rings. The molecule has 2 N–H and O–H groups in total. The summed E-state index contributed by atoms with van der Waals surface area (Å²) in [5, 5.41) is 0. The molecule has 3 nitrogen and oxygen atoms in total. The molecule has 0 heterocycles. The van der Waals surface area contributed by atoms with Crippen molar-refractivity contribution in [2.45, 2.75) is 26.1 Å². The number of rotatable bonds is 7. The van der Waals surface area contributed by atoms with E-state index in [1.165, 1.54) is 7.11 Å². The van der Waals surface area contributed by atoms with Crippen LogP contribution in [-0.4, -0.2) is 48.9 Å². The zero-order chi connectivity index (χ0) is 13.6. The second-order valence-corrected chi connectivity index (χ2v) is 4.55. The molecule has 1 atom stereocenters. The highest BCUT2D eigenvalue weighted by Gasteiger charge is 2.42. The van der Waals surface area contributed by atoms with Crippen LogP contribution in [0, 0.1) is 5.92 Å². The molecule has 0 saturated carbocycles. The topological polar surface area (TPSA) is 38.5 Å². The van der Waals surface area contributed by atoms with Gasteiger partial charge in [0.1, 0.15) is 5.92 Å². The van der Waals surface area contributed by atoms with Gasteiger partial charge in [0, 0.05) is 26.2 Å². The van der Waals surface area contributed by atoms with E-state index in [0.717, 1.165) is 0 Å². The smallest absolute Gasteiger partial charge is 0.393 e. The van der Waals surface area contributed by atoms with Gasteiger partial charge in [-0.2, -0.15) is 13.2 Å². The Balaban J connectivity index is 4.63. The third kappa shape index (κ3) is 6.18. The van der Waals surface area contributed by atoms with Crippen LogP contribution in [0.2, 0.25) is 0 Å². The van der Waals surface area contributed by atoms with E-state index in [1.54, 1.807) is 4.90 Å². The van der Waals surface area contributed by atoms with Crippen LogP contribution in [0.5, 0.6) is 0 Å². The molecule has 0 aliphatic heterocycles. The maximum absolute atomic E-state index is 12.7. The minimum absolute atomic E-state index is 0.0238. The molecule has 0 amide bonds. The molecule has 0 rings (SSSR count). The van der Waals surface area contributed by atoms with E-state index in [1.807, 2.05) is 13.8 Å². The number of hydrogen-bond donors (Lipinski definition) is 1. The van der Waals surface area contributed by atoms with E-state index in [4.69, 9.17) is 10.5 Å². The predicted octanol–water partition coefficient (Wildman–Crippen LogP) is 1.81. The van der Waals surface area contributed by atoms with Gasteiger partial charge in [-0.05, 0) is 13.8 Å². The third-order valence-corrected chi connectivity index (χ3v) is 2.75. The minimum atomic E-state index is -4.40. The number of thiocarbonyl (C=S) groups is 1. The highest BCUT2D eigenvalue weighted by molar-refractivity contribution is 7.80. The Labute approximate surface area is 105 Å². The molecule has 0 bridgehead atoms. The predicted molar refractivity (Wildman–Crippen MR) is 64.9 cm³/mol. The van der Waals surface area contributed by atoms with Crippen molar-refractivity contribution in [3.8, 4) is 0 Å². The molecule has 0 saturated heterocycles. The van der Waals surface area contributed by atoms with Crippen molar-refractivity contribution in [1.29, 1.82) is 0 Å². The Kier molecular flexibility index (Phi) is 6.96. The van der Waals surface area contributed by atoms with Crippen LogP contribution in [0.25, 0.3) is 0 Å². The van der Waals surface area contributed by atoms with Gasteiger partial charge in [-0.25, -0.2) is 0 Å². The van der Waals surface area contributed by atoms with Gasteiger partial charge < -0.3 is 10.5 Å². The van der Waals surface area contributed by atoms with Gasteiger partial charge in [0.15, 0.2) is 0 Å². The molecule has 7 heteroatoms. The maximum Gasteiger partial charge on any atom is 0.399 e. The highest BCUT2D eigenvalue weighted by atomic mass is 32.1. The number of methoxy groups -OCH3 is 1. The van der Waals surface area contributed by atoms with Crippen LogP contribution in [0.4, 0.5) is 13.2 Å². The molecular formula is C10H19F3N2OS. The summed E-state index contributed by atoms with van der Waals surface area (Å²) in [6.07, 6.45) is -4.40. The first-order chi connectivity index (χ1) is 7.70. The maximum atomic E-state index is 12.7. The van der Waals surface area contributed by atoms with Crippen molar-refractivity contribution >= 4 is 17.2 Å². The first kappa shape index (κ1) is 16.6. The second kappa shape index (κ2) is 7.13. The number of hydrogen-bond acceptors (Lipinski definition) is 3. The number of alkyl halides is 3. The zero-order valence-electron chi connectivity index (χ0n) is 10.3. The van der Waals surface area contributed by atoms with E-state index in [0.29, 0.717) is 13.2 Å². The lowest BCUT2D eigenvalue weighted by Gasteiger charge is -2.30. The van der Waals surface area contributed by atoms with Crippen LogP contribution in [0.1, 0.15) is 13.8 Å². The van der Waals surface area contributed by atoms with Gasteiger partial charge >= 0.3 is 6.18 Å². The monoisotopic (exact) mass is 272 g/mol. The van der Waals surface area contributed by atoms with Gasteiger partial charge in [-0.1, -0.05) is 12.2 Å². The number of ether oxygens (including phenoxy) is 1. The summed E-state index contributed by atoms with van der Waals surface area (Å²) in [4.78, 5) is 1.14. The lowest BCUT2D eigenvalue weighted by molar-refractivity contribution is -0.160. The molecule has 17 heavy (non-hydrogen) atoms. The average Bonchev–Trinajstić information content (AvgIpc) is 2.14. The zero-order valence-corrected chi connectivity index (χ0v) is 11.1. The Hall–Kier alpha value is -0.400. The quantitative estimate of drug-likeness (QED) is 0.717. The molecule has 1 unspecified atom stereocenters. The lowest BCUT2D eigenvalue weighted by atomic mass is 10.1.